The second-order valence-electron chi connectivity index (χ2n) is 4.59. The van der Waals surface area contributed by atoms with Gasteiger partial charge in [0.25, 0.3) is 5.91 Å². The van der Waals surface area contributed by atoms with Crippen LogP contribution in [0.5, 0.6) is 0 Å². The molecule has 7 nitrogen and oxygen atoms in total. The molecule has 0 fully saturated rings. The molecule has 0 aliphatic carbocycles. The van der Waals surface area contributed by atoms with Crippen LogP contribution in [-0.4, -0.2) is 42.3 Å². The maximum absolute atomic E-state index is 12.0. The van der Waals surface area contributed by atoms with E-state index in [1.165, 1.54) is 7.11 Å². The van der Waals surface area contributed by atoms with Gasteiger partial charge in [0, 0.05) is 37.3 Å². The Morgan fingerprint density at radius 2 is 2.25 bits per heavy atom. The van der Waals surface area contributed by atoms with Gasteiger partial charge in [0.1, 0.15) is 0 Å². The summed E-state index contributed by atoms with van der Waals surface area (Å²) >= 11 is 0. The lowest BCUT2D eigenvalue weighted by Crippen LogP contribution is -2.33. The van der Waals surface area contributed by atoms with Gasteiger partial charge in [-0.25, -0.2) is 0 Å². The summed E-state index contributed by atoms with van der Waals surface area (Å²) in [5.74, 6) is -0.982. The van der Waals surface area contributed by atoms with Crippen molar-refractivity contribution in [1.29, 1.82) is 0 Å². The second kappa shape index (κ2) is 7.25. The van der Waals surface area contributed by atoms with E-state index in [1.54, 1.807) is 6.92 Å². The van der Waals surface area contributed by atoms with Crippen LogP contribution >= 0.6 is 12.4 Å². The maximum atomic E-state index is 12.0. The van der Waals surface area contributed by atoms with E-state index in [2.05, 4.69) is 25.6 Å². The number of ether oxygens (including phenoxy) is 1. The molecule has 1 aliphatic rings. The van der Waals surface area contributed by atoms with Crippen LogP contribution in [0.3, 0.4) is 0 Å². The predicted molar refractivity (Wildman–Crippen MR) is 74.8 cm³/mol. The highest BCUT2D eigenvalue weighted by molar-refractivity contribution is 5.94. The molecule has 20 heavy (non-hydrogen) atoms. The third-order valence-electron chi connectivity index (χ3n) is 3.19. The number of methoxy groups -OCH3 is 1. The number of amides is 1. The SMILES string of the molecule is COC(=O)C(C)CNC(=O)c1n[nH]c2c1CNCC2.Cl. The van der Waals surface area contributed by atoms with Gasteiger partial charge in [-0.2, -0.15) is 5.10 Å². The highest BCUT2D eigenvalue weighted by Gasteiger charge is 2.22. The molecule has 0 saturated carbocycles. The molecule has 1 aromatic heterocycles. The number of aromatic amines is 1. The number of aromatic nitrogens is 2. The number of H-pyrrole nitrogens is 1. The van der Waals surface area contributed by atoms with E-state index in [1.807, 2.05) is 0 Å². The van der Waals surface area contributed by atoms with Crippen LogP contribution in [0, 0.1) is 5.92 Å². The lowest BCUT2D eigenvalue weighted by molar-refractivity contribution is -0.144. The van der Waals surface area contributed by atoms with Crippen molar-refractivity contribution >= 4 is 24.3 Å². The molecule has 8 heteroatoms. The number of esters is 1. The van der Waals surface area contributed by atoms with E-state index >= 15 is 0 Å². The van der Waals surface area contributed by atoms with Gasteiger partial charge in [-0.1, -0.05) is 6.92 Å². The summed E-state index contributed by atoms with van der Waals surface area (Å²) in [4.78, 5) is 23.3. The zero-order chi connectivity index (χ0) is 13.8. The van der Waals surface area contributed by atoms with Crippen LogP contribution in [0.2, 0.25) is 0 Å². The number of halogens is 1. The largest absolute Gasteiger partial charge is 0.469 e. The minimum atomic E-state index is -0.373. The Morgan fingerprint density at radius 3 is 2.95 bits per heavy atom. The number of hydrogen-bond acceptors (Lipinski definition) is 5. The molecule has 0 bridgehead atoms. The highest BCUT2D eigenvalue weighted by atomic mass is 35.5. The molecule has 0 radical (unpaired) electrons. The van der Waals surface area contributed by atoms with Crippen LogP contribution < -0.4 is 10.6 Å². The number of rotatable bonds is 4. The van der Waals surface area contributed by atoms with Gasteiger partial charge >= 0.3 is 5.97 Å². The summed E-state index contributed by atoms with van der Waals surface area (Å²) in [6.07, 6.45) is 0.841. The van der Waals surface area contributed by atoms with E-state index in [0.29, 0.717) is 12.2 Å². The van der Waals surface area contributed by atoms with Gasteiger partial charge in [0.15, 0.2) is 5.69 Å². The van der Waals surface area contributed by atoms with Crippen molar-refractivity contribution in [3.8, 4) is 0 Å². The molecule has 112 valence electrons. The van der Waals surface area contributed by atoms with Crippen LogP contribution in [0.4, 0.5) is 0 Å². The smallest absolute Gasteiger partial charge is 0.310 e. The molecule has 2 rings (SSSR count). The fourth-order valence-electron chi connectivity index (χ4n) is 2.03. The Morgan fingerprint density at radius 1 is 1.50 bits per heavy atom. The first-order valence-corrected chi connectivity index (χ1v) is 6.26. The Bertz CT molecular complexity index is 489. The van der Waals surface area contributed by atoms with Gasteiger partial charge in [0.05, 0.1) is 13.0 Å². The van der Waals surface area contributed by atoms with Crippen molar-refractivity contribution in [2.45, 2.75) is 19.9 Å². The third-order valence-corrected chi connectivity index (χ3v) is 3.19. The first-order valence-electron chi connectivity index (χ1n) is 6.26. The summed E-state index contributed by atoms with van der Waals surface area (Å²) in [6, 6.07) is 0. The molecule has 0 saturated heterocycles. The summed E-state index contributed by atoms with van der Waals surface area (Å²) in [5, 5.41) is 12.8. The molecule has 1 atom stereocenters. The lowest BCUT2D eigenvalue weighted by atomic mass is 10.1. The Labute approximate surface area is 123 Å². The number of carbonyl (C=O) groups is 2. The molecule has 0 spiro atoms. The minimum absolute atomic E-state index is 0. The Hall–Kier alpha value is -1.60. The zero-order valence-corrected chi connectivity index (χ0v) is 12.3. The standard InChI is InChI=1S/C12H18N4O3.ClH/c1-7(12(18)19-2)5-14-11(17)10-8-6-13-4-3-9(8)15-16-10;/h7,13H,3-6H2,1-2H3,(H,14,17)(H,15,16);1H. The van der Waals surface area contributed by atoms with E-state index in [-0.39, 0.29) is 36.7 Å². The molecule has 1 aliphatic heterocycles. The lowest BCUT2D eigenvalue weighted by Gasteiger charge is -2.13. The molecule has 1 unspecified atom stereocenters. The second-order valence-corrected chi connectivity index (χ2v) is 4.59. The Kier molecular flexibility index (Phi) is 5.97. The van der Waals surface area contributed by atoms with Crippen molar-refractivity contribution in [1.82, 2.24) is 20.8 Å². The van der Waals surface area contributed by atoms with Gasteiger partial charge in [-0.3, -0.25) is 14.7 Å². The molecule has 3 N–H and O–H groups in total. The topological polar surface area (TPSA) is 96.1 Å². The maximum Gasteiger partial charge on any atom is 0.310 e. The summed E-state index contributed by atoms with van der Waals surface area (Å²) in [5.41, 5.74) is 2.32. The molecule has 2 heterocycles. The average molecular weight is 303 g/mol. The normalized spacial score (nSPS) is 14.7. The van der Waals surface area contributed by atoms with Crippen molar-refractivity contribution < 1.29 is 14.3 Å². The highest BCUT2D eigenvalue weighted by Crippen LogP contribution is 2.15. The summed E-state index contributed by atoms with van der Waals surface area (Å²) in [7, 11) is 1.33. The fourth-order valence-corrected chi connectivity index (χ4v) is 2.03. The summed E-state index contributed by atoms with van der Waals surface area (Å²) in [6.45, 7) is 3.46. The van der Waals surface area contributed by atoms with Crippen molar-refractivity contribution in [3.05, 3.63) is 17.0 Å². The van der Waals surface area contributed by atoms with Crippen LogP contribution in [0.15, 0.2) is 0 Å². The first-order chi connectivity index (χ1) is 9.13. The quantitative estimate of drug-likeness (QED) is 0.681. The fraction of sp³-hybridized carbons (Fsp3) is 0.583. The van der Waals surface area contributed by atoms with E-state index in [4.69, 9.17) is 0 Å². The van der Waals surface area contributed by atoms with E-state index < -0.39 is 0 Å². The van der Waals surface area contributed by atoms with Gasteiger partial charge < -0.3 is 15.4 Å². The van der Waals surface area contributed by atoms with Crippen molar-refractivity contribution in [2.75, 3.05) is 20.2 Å². The van der Waals surface area contributed by atoms with Gasteiger partial charge in [-0.15, -0.1) is 12.4 Å². The molecule has 1 amide bonds. The van der Waals surface area contributed by atoms with Gasteiger partial charge in [-0.05, 0) is 0 Å². The number of fused-ring (bicyclic) bond motifs is 1. The minimum Gasteiger partial charge on any atom is -0.469 e. The van der Waals surface area contributed by atoms with Crippen molar-refractivity contribution in [2.24, 2.45) is 5.92 Å². The number of nitrogens with one attached hydrogen (secondary N) is 3. The van der Waals surface area contributed by atoms with E-state index in [9.17, 15) is 9.59 Å². The first kappa shape index (κ1) is 16.5. The van der Waals surface area contributed by atoms with Crippen LogP contribution in [0.25, 0.3) is 0 Å². The van der Waals surface area contributed by atoms with E-state index in [0.717, 1.165) is 24.2 Å². The van der Waals surface area contributed by atoms with Crippen LogP contribution in [-0.2, 0) is 22.5 Å². The molecular formula is C12H19ClN4O3. The number of carbonyl (C=O) groups excluding carboxylic acids is 2. The average Bonchev–Trinajstić information content (AvgIpc) is 2.87. The number of hydrogen-bond donors (Lipinski definition) is 3. The molecule has 1 aromatic rings. The van der Waals surface area contributed by atoms with Gasteiger partial charge in [0.2, 0.25) is 0 Å². The molecular weight excluding hydrogens is 284 g/mol. The monoisotopic (exact) mass is 302 g/mol. The predicted octanol–water partition coefficient (Wildman–Crippen LogP) is 0.0161. The third kappa shape index (κ3) is 3.49. The van der Waals surface area contributed by atoms with Crippen LogP contribution in [0.1, 0.15) is 28.7 Å². The summed E-state index contributed by atoms with van der Waals surface area (Å²) < 4.78 is 4.60. The zero-order valence-electron chi connectivity index (χ0n) is 11.5. The van der Waals surface area contributed by atoms with Crippen molar-refractivity contribution in [3.63, 3.8) is 0 Å². The Balaban J connectivity index is 0.00000200. The number of nitrogens with zero attached hydrogens (tertiary/aromatic N) is 1. The molecule has 0 aromatic carbocycles.